The average Bonchev–Trinajstić information content (AvgIpc) is 3.33. The molecule has 2 aromatic rings. The van der Waals surface area contributed by atoms with E-state index >= 15 is 0 Å². The number of Topliss-reactive ketones (excluding diaryl/α,β-unsaturated/α-hetero) is 1. The van der Waals surface area contributed by atoms with Crippen molar-refractivity contribution < 1.29 is 28.7 Å². The minimum Gasteiger partial charge on any atom is -0.479 e. The van der Waals surface area contributed by atoms with Gasteiger partial charge in [-0.15, -0.1) is 0 Å². The molecule has 2 unspecified atom stereocenters. The number of anilines is 1. The van der Waals surface area contributed by atoms with Crippen LogP contribution < -0.4 is 10.1 Å². The number of benzene rings is 2. The third kappa shape index (κ3) is 4.78. The van der Waals surface area contributed by atoms with Crippen LogP contribution in [0.15, 0.2) is 48.5 Å². The number of carbonyl (C=O) groups excluding carboxylic acids is 4. The molecule has 188 valence electrons. The van der Waals surface area contributed by atoms with E-state index in [0.717, 1.165) is 5.56 Å². The zero-order valence-corrected chi connectivity index (χ0v) is 20.1. The molecule has 0 spiro atoms. The second-order valence-electron chi connectivity index (χ2n) is 9.42. The van der Waals surface area contributed by atoms with E-state index in [1.807, 2.05) is 30.3 Å². The molecule has 2 atom stereocenters. The number of likely N-dealkylation sites (tertiary alicyclic amines) is 1. The maximum Gasteiger partial charge on any atom is 0.410 e. The average molecular weight is 492 g/mol. The van der Waals surface area contributed by atoms with Gasteiger partial charge in [0.05, 0.1) is 24.7 Å². The molecule has 2 fully saturated rings. The van der Waals surface area contributed by atoms with Gasteiger partial charge in [0.15, 0.2) is 11.9 Å². The zero-order chi connectivity index (χ0) is 25.2. The van der Waals surface area contributed by atoms with Crippen LogP contribution in [0.3, 0.4) is 0 Å². The van der Waals surface area contributed by atoms with Gasteiger partial charge in [0.1, 0.15) is 12.4 Å². The van der Waals surface area contributed by atoms with Gasteiger partial charge in [0.25, 0.3) is 5.91 Å². The van der Waals surface area contributed by atoms with Crippen molar-refractivity contribution >= 4 is 29.4 Å². The summed E-state index contributed by atoms with van der Waals surface area (Å²) < 4.78 is 10.7. The molecule has 36 heavy (non-hydrogen) atoms. The molecule has 0 saturated carbocycles. The number of hydrogen-bond acceptors (Lipinski definition) is 6. The van der Waals surface area contributed by atoms with Crippen LogP contribution in [0.5, 0.6) is 5.75 Å². The lowest BCUT2D eigenvalue weighted by Crippen LogP contribution is -2.42. The zero-order valence-electron chi connectivity index (χ0n) is 20.1. The number of ether oxygens (including phenoxy) is 2. The van der Waals surface area contributed by atoms with Gasteiger partial charge < -0.3 is 19.7 Å². The highest BCUT2D eigenvalue weighted by Gasteiger charge is 2.35. The first-order chi connectivity index (χ1) is 17.4. The molecule has 5 rings (SSSR count). The largest absolute Gasteiger partial charge is 0.479 e. The highest BCUT2D eigenvalue weighted by atomic mass is 16.6. The van der Waals surface area contributed by atoms with Crippen LogP contribution in [-0.2, 0) is 14.3 Å². The van der Waals surface area contributed by atoms with E-state index in [-0.39, 0.29) is 36.0 Å². The maximum absolute atomic E-state index is 13.2. The van der Waals surface area contributed by atoms with Crippen LogP contribution in [-0.4, -0.2) is 65.8 Å². The first kappa shape index (κ1) is 23.8. The van der Waals surface area contributed by atoms with Crippen LogP contribution in [0.4, 0.5) is 10.5 Å². The fourth-order valence-corrected chi connectivity index (χ4v) is 5.06. The van der Waals surface area contributed by atoms with E-state index in [1.165, 1.54) is 0 Å². The number of amides is 3. The minimum atomic E-state index is -0.571. The number of ketones is 1. The monoisotopic (exact) mass is 491 g/mol. The smallest absolute Gasteiger partial charge is 0.410 e. The third-order valence-corrected chi connectivity index (χ3v) is 7.13. The van der Waals surface area contributed by atoms with Crippen LogP contribution in [0.1, 0.15) is 48.1 Å². The molecule has 0 aliphatic carbocycles. The number of piperidine rings is 1. The number of nitrogens with zero attached hydrogens (tertiary/aromatic N) is 2. The van der Waals surface area contributed by atoms with E-state index in [9.17, 15) is 19.2 Å². The Kier molecular flexibility index (Phi) is 6.63. The molecule has 0 bridgehead atoms. The highest BCUT2D eigenvalue weighted by Crippen LogP contribution is 2.33. The summed E-state index contributed by atoms with van der Waals surface area (Å²) in [7, 11) is 0. The molecule has 0 radical (unpaired) electrons. The van der Waals surface area contributed by atoms with Gasteiger partial charge in [0, 0.05) is 24.6 Å². The molecule has 1 N–H and O–H groups in total. The van der Waals surface area contributed by atoms with Crippen molar-refractivity contribution in [1.82, 2.24) is 9.80 Å². The molecule has 9 heteroatoms. The number of carbonyl (C=O) groups is 4. The third-order valence-electron chi connectivity index (χ3n) is 7.13. The van der Waals surface area contributed by atoms with E-state index in [0.29, 0.717) is 56.1 Å². The standard InChI is InChI=1S/C27H29N3O6/c1-17-26(33)28-21-15-20(7-8-23(21)36-17)25(32)19-9-11-29(12-10-19)24(31)16-22(18-5-3-2-4-6-18)30-13-14-35-27(30)34/h2-8,15,17,19,22H,9-14,16H2,1H3,(H,28,33). The summed E-state index contributed by atoms with van der Waals surface area (Å²) in [6.45, 7) is 3.40. The van der Waals surface area contributed by atoms with Crippen LogP contribution in [0.2, 0.25) is 0 Å². The van der Waals surface area contributed by atoms with Crippen molar-refractivity contribution in [2.75, 3.05) is 31.6 Å². The van der Waals surface area contributed by atoms with Crippen molar-refractivity contribution in [3.05, 3.63) is 59.7 Å². The number of rotatable bonds is 6. The van der Waals surface area contributed by atoms with Gasteiger partial charge in [-0.25, -0.2) is 4.79 Å². The molecule has 2 aromatic carbocycles. The topological polar surface area (TPSA) is 105 Å². The minimum absolute atomic E-state index is 0.000237. The summed E-state index contributed by atoms with van der Waals surface area (Å²) in [6, 6.07) is 14.2. The quantitative estimate of drug-likeness (QED) is 0.621. The Morgan fingerprint density at radius 2 is 1.81 bits per heavy atom. The predicted molar refractivity (Wildman–Crippen MR) is 131 cm³/mol. The SMILES string of the molecule is CC1Oc2ccc(C(=O)C3CCN(C(=O)CC(c4ccccc4)N4CCOC4=O)CC3)cc2NC1=O. The number of hydrogen-bond donors (Lipinski definition) is 1. The van der Waals surface area contributed by atoms with Crippen molar-refractivity contribution in [2.45, 2.75) is 38.3 Å². The van der Waals surface area contributed by atoms with Crippen molar-refractivity contribution in [2.24, 2.45) is 5.92 Å². The lowest BCUT2D eigenvalue weighted by atomic mass is 9.88. The molecule has 0 aromatic heterocycles. The number of fused-ring (bicyclic) bond motifs is 1. The second kappa shape index (κ2) is 10.0. The normalized spacial score (nSPS) is 20.8. The van der Waals surface area contributed by atoms with E-state index in [1.54, 1.807) is 34.9 Å². The molecule has 9 nitrogen and oxygen atoms in total. The number of cyclic esters (lactones) is 1. The molecule has 3 aliphatic heterocycles. The van der Waals surface area contributed by atoms with Gasteiger partial charge in [-0.05, 0) is 43.5 Å². The molecule has 3 heterocycles. The van der Waals surface area contributed by atoms with Gasteiger partial charge in [-0.2, -0.15) is 0 Å². The Labute approximate surface area is 209 Å². The van der Waals surface area contributed by atoms with E-state index in [2.05, 4.69) is 5.32 Å². The van der Waals surface area contributed by atoms with E-state index in [4.69, 9.17) is 9.47 Å². The lowest BCUT2D eigenvalue weighted by molar-refractivity contribution is -0.133. The highest BCUT2D eigenvalue weighted by molar-refractivity contribution is 6.02. The molecule has 3 aliphatic rings. The predicted octanol–water partition coefficient (Wildman–Crippen LogP) is 3.41. The fourth-order valence-electron chi connectivity index (χ4n) is 5.06. The molecule has 2 saturated heterocycles. The van der Waals surface area contributed by atoms with Crippen LogP contribution in [0, 0.1) is 5.92 Å². The Balaban J connectivity index is 1.21. The first-order valence-corrected chi connectivity index (χ1v) is 12.3. The van der Waals surface area contributed by atoms with Gasteiger partial charge in [0.2, 0.25) is 5.91 Å². The molecular formula is C27H29N3O6. The van der Waals surface area contributed by atoms with Gasteiger partial charge >= 0.3 is 6.09 Å². The van der Waals surface area contributed by atoms with Gasteiger partial charge in [-0.1, -0.05) is 30.3 Å². The van der Waals surface area contributed by atoms with E-state index < -0.39 is 12.2 Å². The fraction of sp³-hybridized carbons (Fsp3) is 0.407. The Hall–Kier alpha value is -3.88. The Bertz CT molecular complexity index is 1180. The summed E-state index contributed by atoms with van der Waals surface area (Å²) in [5.41, 5.74) is 1.92. The Morgan fingerprint density at radius 1 is 1.06 bits per heavy atom. The summed E-state index contributed by atoms with van der Waals surface area (Å²) >= 11 is 0. The Morgan fingerprint density at radius 3 is 2.50 bits per heavy atom. The second-order valence-corrected chi connectivity index (χ2v) is 9.42. The maximum atomic E-state index is 13.2. The summed E-state index contributed by atoms with van der Waals surface area (Å²) in [6.07, 6.45) is 0.313. The van der Waals surface area contributed by atoms with Gasteiger partial charge in [-0.3, -0.25) is 19.3 Å². The number of nitrogens with one attached hydrogen (secondary N) is 1. The summed E-state index contributed by atoms with van der Waals surface area (Å²) in [5.74, 6) is 0.0607. The van der Waals surface area contributed by atoms with Crippen molar-refractivity contribution in [3.63, 3.8) is 0 Å². The molecular weight excluding hydrogens is 462 g/mol. The van der Waals surface area contributed by atoms with Crippen LogP contribution >= 0.6 is 0 Å². The molecule has 3 amide bonds. The van der Waals surface area contributed by atoms with Crippen molar-refractivity contribution in [3.8, 4) is 5.75 Å². The lowest BCUT2D eigenvalue weighted by Gasteiger charge is -2.34. The van der Waals surface area contributed by atoms with Crippen LogP contribution in [0.25, 0.3) is 0 Å². The first-order valence-electron chi connectivity index (χ1n) is 12.3. The summed E-state index contributed by atoms with van der Waals surface area (Å²) in [4.78, 5) is 53.9. The summed E-state index contributed by atoms with van der Waals surface area (Å²) in [5, 5.41) is 2.78. The van der Waals surface area contributed by atoms with Crippen molar-refractivity contribution in [1.29, 1.82) is 0 Å².